The average Bonchev–Trinajstić information content (AvgIpc) is 2.95. The van der Waals surface area contributed by atoms with Gasteiger partial charge >= 0.3 is 0 Å². The van der Waals surface area contributed by atoms with E-state index >= 15 is 0 Å². The Kier molecular flexibility index (Phi) is 4.24. The van der Waals surface area contributed by atoms with Gasteiger partial charge in [-0.05, 0) is 30.6 Å². The molecule has 0 aromatic carbocycles. The van der Waals surface area contributed by atoms with Gasteiger partial charge in [0, 0.05) is 0 Å². The summed E-state index contributed by atoms with van der Waals surface area (Å²) in [5.74, 6) is 1.89. The van der Waals surface area contributed by atoms with E-state index in [-0.39, 0.29) is 6.10 Å². The van der Waals surface area contributed by atoms with Crippen LogP contribution in [0.1, 0.15) is 52.9 Å². The molecular weight excluding hydrogens is 160 g/mol. The van der Waals surface area contributed by atoms with E-state index in [0.29, 0.717) is 11.8 Å². The molecule has 1 aliphatic rings. The largest absolute Gasteiger partial charge is 0.393 e. The van der Waals surface area contributed by atoms with Gasteiger partial charge in [-0.1, -0.05) is 40.0 Å². The molecule has 1 fully saturated rings. The molecule has 1 rings (SSSR count). The summed E-state index contributed by atoms with van der Waals surface area (Å²) in [6.07, 6.45) is 6.25. The molecule has 3 unspecified atom stereocenters. The fraction of sp³-hybridized carbons (Fsp3) is 1.00. The molecule has 0 aliphatic heterocycles. The third kappa shape index (κ3) is 2.98. The van der Waals surface area contributed by atoms with Gasteiger partial charge in [-0.25, -0.2) is 0 Å². The van der Waals surface area contributed by atoms with Crippen LogP contribution in [0, 0.1) is 17.8 Å². The zero-order chi connectivity index (χ0) is 9.84. The van der Waals surface area contributed by atoms with Gasteiger partial charge in [0.2, 0.25) is 0 Å². The van der Waals surface area contributed by atoms with Gasteiger partial charge in [-0.15, -0.1) is 0 Å². The van der Waals surface area contributed by atoms with Crippen molar-refractivity contribution in [3.8, 4) is 0 Å². The van der Waals surface area contributed by atoms with Gasteiger partial charge in [0.1, 0.15) is 0 Å². The van der Waals surface area contributed by atoms with Crippen molar-refractivity contribution in [1.29, 1.82) is 0 Å². The zero-order valence-corrected chi connectivity index (χ0v) is 9.29. The fourth-order valence-corrected chi connectivity index (χ4v) is 2.36. The second kappa shape index (κ2) is 4.99. The predicted octanol–water partition coefficient (Wildman–Crippen LogP) is 3.22. The Morgan fingerprint density at radius 1 is 1.31 bits per heavy atom. The van der Waals surface area contributed by atoms with Gasteiger partial charge < -0.3 is 5.11 Å². The van der Waals surface area contributed by atoms with E-state index in [1.54, 1.807) is 0 Å². The smallest absolute Gasteiger partial charge is 0.0596 e. The summed E-state index contributed by atoms with van der Waals surface area (Å²) >= 11 is 0. The molecule has 1 aliphatic carbocycles. The Hall–Kier alpha value is -0.0400. The summed E-state index contributed by atoms with van der Waals surface area (Å²) in [5.41, 5.74) is 0. The van der Waals surface area contributed by atoms with Gasteiger partial charge in [0.05, 0.1) is 6.10 Å². The van der Waals surface area contributed by atoms with E-state index in [1.165, 1.54) is 32.1 Å². The van der Waals surface area contributed by atoms with E-state index < -0.39 is 0 Å². The standard InChI is InChI=1S/C12H24O/c1-4-6-10(5-2)9(3)12(13)11-7-8-11/h9-13H,4-8H2,1-3H3. The maximum atomic E-state index is 9.99. The topological polar surface area (TPSA) is 20.2 Å². The molecule has 13 heavy (non-hydrogen) atoms. The number of hydrogen-bond donors (Lipinski definition) is 1. The highest BCUT2D eigenvalue weighted by Crippen LogP contribution is 2.39. The number of aliphatic hydroxyl groups is 1. The van der Waals surface area contributed by atoms with Crippen LogP contribution in [-0.2, 0) is 0 Å². The molecule has 1 saturated carbocycles. The Morgan fingerprint density at radius 3 is 2.31 bits per heavy atom. The molecule has 0 saturated heterocycles. The van der Waals surface area contributed by atoms with Crippen LogP contribution in [-0.4, -0.2) is 11.2 Å². The summed E-state index contributed by atoms with van der Waals surface area (Å²) in [5, 5.41) is 9.99. The van der Waals surface area contributed by atoms with E-state index in [0.717, 1.165) is 5.92 Å². The number of aliphatic hydroxyl groups excluding tert-OH is 1. The highest BCUT2D eigenvalue weighted by atomic mass is 16.3. The summed E-state index contributed by atoms with van der Waals surface area (Å²) in [4.78, 5) is 0. The van der Waals surface area contributed by atoms with Gasteiger partial charge in [0.25, 0.3) is 0 Å². The van der Waals surface area contributed by atoms with Crippen molar-refractivity contribution in [3.05, 3.63) is 0 Å². The molecule has 0 heterocycles. The minimum Gasteiger partial charge on any atom is -0.393 e. The van der Waals surface area contributed by atoms with E-state index in [1.807, 2.05) is 0 Å². The lowest BCUT2D eigenvalue weighted by Crippen LogP contribution is -2.26. The molecule has 3 atom stereocenters. The third-order valence-corrected chi connectivity index (χ3v) is 3.57. The van der Waals surface area contributed by atoms with Crippen LogP contribution in [0.25, 0.3) is 0 Å². The highest BCUT2D eigenvalue weighted by Gasteiger charge is 2.35. The quantitative estimate of drug-likeness (QED) is 0.672. The van der Waals surface area contributed by atoms with Gasteiger partial charge in [0.15, 0.2) is 0 Å². The maximum absolute atomic E-state index is 9.99. The highest BCUT2D eigenvalue weighted by molar-refractivity contribution is 4.86. The number of hydrogen-bond acceptors (Lipinski definition) is 1. The van der Waals surface area contributed by atoms with Crippen LogP contribution in [0.15, 0.2) is 0 Å². The SMILES string of the molecule is CCCC(CC)C(C)C(O)C1CC1. The third-order valence-electron chi connectivity index (χ3n) is 3.57. The molecule has 1 nitrogen and oxygen atoms in total. The molecule has 78 valence electrons. The Labute approximate surface area is 82.5 Å². The molecule has 0 aromatic heterocycles. The molecule has 0 amide bonds. The first-order valence-corrected chi connectivity index (χ1v) is 5.88. The van der Waals surface area contributed by atoms with E-state index in [2.05, 4.69) is 20.8 Å². The molecule has 0 bridgehead atoms. The average molecular weight is 184 g/mol. The van der Waals surface area contributed by atoms with Crippen LogP contribution in [0.2, 0.25) is 0 Å². The molecular formula is C12H24O. The monoisotopic (exact) mass is 184 g/mol. The lowest BCUT2D eigenvalue weighted by atomic mass is 9.82. The molecule has 0 spiro atoms. The number of rotatable bonds is 6. The lowest BCUT2D eigenvalue weighted by Gasteiger charge is -2.26. The van der Waals surface area contributed by atoms with Crippen LogP contribution >= 0.6 is 0 Å². The van der Waals surface area contributed by atoms with Gasteiger partial charge in [-0.3, -0.25) is 0 Å². The molecule has 0 radical (unpaired) electrons. The minimum absolute atomic E-state index is 0.0171. The predicted molar refractivity (Wildman–Crippen MR) is 56.6 cm³/mol. The maximum Gasteiger partial charge on any atom is 0.0596 e. The second-order valence-electron chi connectivity index (χ2n) is 4.64. The van der Waals surface area contributed by atoms with Crippen LogP contribution in [0.5, 0.6) is 0 Å². The van der Waals surface area contributed by atoms with E-state index in [9.17, 15) is 5.11 Å². The lowest BCUT2D eigenvalue weighted by molar-refractivity contribution is 0.0593. The summed E-state index contributed by atoms with van der Waals surface area (Å²) in [6, 6.07) is 0. The fourth-order valence-electron chi connectivity index (χ4n) is 2.36. The first kappa shape index (κ1) is 11.0. The second-order valence-corrected chi connectivity index (χ2v) is 4.64. The summed E-state index contributed by atoms with van der Waals surface area (Å²) < 4.78 is 0. The van der Waals surface area contributed by atoms with Crippen molar-refractivity contribution in [3.63, 3.8) is 0 Å². The summed E-state index contributed by atoms with van der Waals surface area (Å²) in [7, 11) is 0. The first-order chi connectivity index (χ1) is 6.20. The van der Waals surface area contributed by atoms with Crippen LogP contribution in [0.4, 0.5) is 0 Å². The van der Waals surface area contributed by atoms with Crippen molar-refractivity contribution >= 4 is 0 Å². The Morgan fingerprint density at radius 2 is 1.92 bits per heavy atom. The molecule has 0 aromatic rings. The molecule has 1 N–H and O–H groups in total. The molecule has 1 heteroatoms. The summed E-state index contributed by atoms with van der Waals surface area (Å²) in [6.45, 7) is 6.71. The van der Waals surface area contributed by atoms with Crippen molar-refractivity contribution in [1.82, 2.24) is 0 Å². The van der Waals surface area contributed by atoms with Crippen LogP contribution in [0.3, 0.4) is 0 Å². The van der Waals surface area contributed by atoms with Crippen molar-refractivity contribution in [2.75, 3.05) is 0 Å². The van der Waals surface area contributed by atoms with Crippen molar-refractivity contribution in [2.45, 2.75) is 59.0 Å². The van der Waals surface area contributed by atoms with E-state index in [4.69, 9.17) is 0 Å². The van der Waals surface area contributed by atoms with Crippen LogP contribution < -0.4 is 0 Å². The first-order valence-electron chi connectivity index (χ1n) is 5.88. The zero-order valence-electron chi connectivity index (χ0n) is 9.29. The van der Waals surface area contributed by atoms with Crippen molar-refractivity contribution < 1.29 is 5.11 Å². The Bertz CT molecular complexity index is 140. The minimum atomic E-state index is -0.0171. The normalized spacial score (nSPS) is 24.0. The van der Waals surface area contributed by atoms with Crippen molar-refractivity contribution in [2.24, 2.45) is 17.8 Å². The van der Waals surface area contributed by atoms with Gasteiger partial charge in [-0.2, -0.15) is 0 Å². The Balaban J connectivity index is 2.36.